The smallest absolute Gasteiger partial charge is 0.240 e. The maximum absolute atomic E-state index is 12.7. The molecule has 3 aromatic rings. The van der Waals surface area contributed by atoms with E-state index in [-0.39, 0.29) is 23.0 Å². The molecule has 11 heteroatoms. The summed E-state index contributed by atoms with van der Waals surface area (Å²) in [5.74, 6) is 1.39. The highest BCUT2D eigenvalue weighted by Crippen LogP contribution is 2.26. The SMILES string of the molecule is COc1ccc(OC)c(C(=O)CSc2nnc(CNS(=O)(=O)c3ccc(C)cc3)n2C)c1. The molecule has 0 saturated heterocycles. The quantitative estimate of drug-likeness (QED) is 0.351. The number of carbonyl (C=O) groups excluding carboxylic acids is 1. The second-order valence-electron chi connectivity index (χ2n) is 6.87. The predicted octanol–water partition coefficient (Wildman–Crippen LogP) is 2.59. The maximum atomic E-state index is 12.7. The Morgan fingerprint density at radius 2 is 1.81 bits per heavy atom. The van der Waals surface area contributed by atoms with Crippen LogP contribution in [0, 0.1) is 6.92 Å². The maximum Gasteiger partial charge on any atom is 0.240 e. The molecule has 0 aliphatic rings. The number of methoxy groups -OCH3 is 2. The zero-order valence-corrected chi connectivity index (χ0v) is 19.8. The van der Waals surface area contributed by atoms with E-state index in [4.69, 9.17) is 9.47 Å². The third-order valence-electron chi connectivity index (χ3n) is 4.72. The summed E-state index contributed by atoms with van der Waals surface area (Å²) in [4.78, 5) is 12.9. The van der Waals surface area contributed by atoms with E-state index in [0.29, 0.717) is 28.0 Å². The number of sulfonamides is 1. The molecule has 32 heavy (non-hydrogen) atoms. The molecule has 0 saturated carbocycles. The molecule has 0 aliphatic heterocycles. The van der Waals surface area contributed by atoms with Gasteiger partial charge in [-0.25, -0.2) is 13.1 Å². The van der Waals surface area contributed by atoms with Crippen LogP contribution in [-0.2, 0) is 23.6 Å². The van der Waals surface area contributed by atoms with E-state index in [1.54, 1.807) is 54.1 Å². The van der Waals surface area contributed by atoms with Crippen molar-refractivity contribution in [1.29, 1.82) is 0 Å². The second kappa shape index (κ2) is 10.2. The summed E-state index contributed by atoms with van der Waals surface area (Å²) in [6, 6.07) is 11.6. The molecule has 9 nitrogen and oxygen atoms in total. The molecular formula is C21H24N4O5S2. The zero-order chi connectivity index (χ0) is 23.3. The molecule has 0 amide bonds. The molecule has 3 rings (SSSR count). The number of ketones is 1. The number of benzene rings is 2. The first-order valence-electron chi connectivity index (χ1n) is 9.57. The van der Waals surface area contributed by atoms with Crippen LogP contribution in [-0.4, -0.2) is 48.9 Å². The van der Waals surface area contributed by atoms with Crippen molar-refractivity contribution in [3.8, 4) is 11.5 Å². The fourth-order valence-corrected chi connectivity index (χ4v) is 4.62. The molecular weight excluding hydrogens is 452 g/mol. The molecule has 0 unspecified atom stereocenters. The fourth-order valence-electron chi connectivity index (χ4n) is 2.82. The lowest BCUT2D eigenvalue weighted by molar-refractivity contribution is 0.101. The van der Waals surface area contributed by atoms with Crippen molar-refractivity contribution in [3.63, 3.8) is 0 Å². The lowest BCUT2D eigenvalue weighted by Crippen LogP contribution is -2.24. The van der Waals surface area contributed by atoms with E-state index < -0.39 is 10.0 Å². The molecule has 2 aromatic carbocycles. The number of ether oxygens (including phenoxy) is 2. The van der Waals surface area contributed by atoms with E-state index in [0.717, 1.165) is 5.56 Å². The van der Waals surface area contributed by atoms with Crippen molar-refractivity contribution >= 4 is 27.6 Å². The topological polar surface area (TPSA) is 112 Å². The number of hydrogen-bond donors (Lipinski definition) is 1. The minimum absolute atomic E-state index is 0.0298. The molecule has 0 atom stereocenters. The Labute approximate surface area is 191 Å². The average molecular weight is 477 g/mol. The number of Topliss-reactive ketones (excluding diaryl/α,β-unsaturated/α-hetero) is 1. The van der Waals surface area contributed by atoms with Crippen molar-refractivity contribution in [3.05, 3.63) is 59.4 Å². The Kier molecular flexibility index (Phi) is 7.54. The minimum Gasteiger partial charge on any atom is -0.497 e. The highest BCUT2D eigenvalue weighted by molar-refractivity contribution is 7.99. The van der Waals surface area contributed by atoms with Gasteiger partial charge in [0.15, 0.2) is 10.9 Å². The van der Waals surface area contributed by atoms with Gasteiger partial charge in [0, 0.05) is 7.05 Å². The number of aryl methyl sites for hydroxylation is 1. The van der Waals surface area contributed by atoms with Gasteiger partial charge in [0.25, 0.3) is 0 Å². The lowest BCUT2D eigenvalue weighted by atomic mass is 10.1. The Balaban J connectivity index is 1.65. The average Bonchev–Trinajstić information content (AvgIpc) is 3.15. The van der Waals surface area contributed by atoms with Gasteiger partial charge in [0.2, 0.25) is 10.0 Å². The third-order valence-corrected chi connectivity index (χ3v) is 7.15. The van der Waals surface area contributed by atoms with Crippen LogP contribution in [0.5, 0.6) is 11.5 Å². The monoisotopic (exact) mass is 476 g/mol. The Hall–Kier alpha value is -2.89. The first-order valence-corrected chi connectivity index (χ1v) is 12.0. The van der Waals surface area contributed by atoms with Crippen molar-refractivity contribution in [1.82, 2.24) is 19.5 Å². The molecule has 0 spiro atoms. The summed E-state index contributed by atoms with van der Waals surface area (Å²) in [5.41, 5.74) is 1.38. The number of rotatable bonds is 10. The van der Waals surface area contributed by atoms with Gasteiger partial charge < -0.3 is 14.0 Å². The van der Waals surface area contributed by atoms with E-state index in [2.05, 4.69) is 14.9 Å². The number of nitrogens with zero attached hydrogens (tertiary/aromatic N) is 3. The van der Waals surface area contributed by atoms with Gasteiger partial charge in [-0.1, -0.05) is 29.5 Å². The lowest BCUT2D eigenvalue weighted by Gasteiger charge is -2.10. The van der Waals surface area contributed by atoms with Crippen LogP contribution >= 0.6 is 11.8 Å². The number of hydrogen-bond acceptors (Lipinski definition) is 8. The summed E-state index contributed by atoms with van der Waals surface area (Å²) >= 11 is 1.20. The highest BCUT2D eigenvalue weighted by atomic mass is 32.2. The molecule has 0 radical (unpaired) electrons. The minimum atomic E-state index is -3.68. The molecule has 1 heterocycles. The largest absolute Gasteiger partial charge is 0.497 e. The fraction of sp³-hybridized carbons (Fsp3) is 0.286. The van der Waals surface area contributed by atoms with Gasteiger partial charge in [-0.3, -0.25) is 4.79 Å². The standard InChI is InChI=1S/C21H24N4O5S2/c1-14-5-8-16(9-6-14)32(27,28)22-12-20-23-24-21(25(20)2)31-13-18(26)17-11-15(29-3)7-10-19(17)30-4/h5-11,22H,12-13H2,1-4H3. The van der Waals surface area contributed by atoms with Gasteiger partial charge in [-0.15, -0.1) is 10.2 Å². The van der Waals surface area contributed by atoms with Crippen LogP contribution in [0.25, 0.3) is 0 Å². The van der Waals surface area contributed by atoms with E-state index in [1.165, 1.54) is 26.0 Å². The second-order valence-corrected chi connectivity index (χ2v) is 9.58. The van der Waals surface area contributed by atoms with E-state index in [1.807, 2.05) is 6.92 Å². The van der Waals surface area contributed by atoms with Crippen LogP contribution in [0.15, 0.2) is 52.5 Å². The van der Waals surface area contributed by atoms with Crippen molar-refractivity contribution in [2.45, 2.75) is 23.5 Å². The number of thioether (sulfide) groups is 1. The van der Waals surface area contributed by atoms with Crippen LogP contribution in [0.4, 0.5) is 0 Å². The van der Waals surface area contributed by atoms with E-state index in [9.17, 15) is 13.2 Å². The summed E-state index contributed by atoms with van der Waals surface area (Å²) in [7, 11) is 1.07. The van der Waals surface area contributed by atoms with Crippen molar-refractivity contribution in [2.24, 2.45) is 7.05 Å². The zero-order valence-electron chi connectivity index (χ0n) is 18.2. The van der Waals surface area contributed by atoms with Crippen LogP contribution in [0.2, 0.25) is 0 Å². The molecule has 1 aromatic heterocycles. The van der Waals surface area contributed by atoms with Gasteiger partial charge in [0.1, 0.15) is 17.3 Å². The summed E-state index contributed by atoms with van der Waals surface area (Å²) in [6.07, 6.45) is 0. The van der Waals surface area contributed by atoms with Crippen molar-refractivity contribution in [2.75, 3.05) is 20.0 Å². The third kappa shape index (κ3) is 5.47. The first kappa shape index (κ1) is 23.8. The number of nitrogens with one attached hydrogen (secondary N) is 1. The molecule has 1 N–H and O–H groups in total. The summed E-state index contributed by atoms with van der Waals surface area (Å²) in [5, 5.41) is 8.61. The van der Waals surface area contributed by atoms with Crippen LogP contribution < -0.4 is 14.2 Å². The van der Waals surface area contributed by atoms with Gasteiger partial charge in [-0.2, -0.15) is 0 Å². The van der Waals surface area contributed by atoms with Crippen LogP contribution in [0.3, 0.4) is 0 Å². The normalized spacial score (nSPS) is 11.4. The molecule has 0 bridgehead atoms. The van der Waals surface area contributed by atoms with Gasteiger partial charge in [0.05, 0.1) is 37.0 Å². The molecule has 0 aliphatic carbocycles. The Morgan fingerprint density at radius 3 is 2.47 bits per heavy atom. The Bertz CT molecular complexity index is 1210. The highest BCUT2D eigenvalue weighted by Gasteiger charge is 2.18. The van der Waals surface area contributed by atoms with Crippen molar-refractivity contribution < 1.29 is 22.7 Å². The first-order chi connectivity index (χ1) is 15.2. The Morgan fingerprint density at radius 1 is 1.09 bits per heavy atom. The summed E-state index contributed by atoms with van der Waals surface area (Å²) in [6.45, 7) is 1.86. The van der Waals surface area contributed by atoms with Gasteiger partial charge >= 0.3 is 0 Å². The van der Waals surface area contributed by atoms with E-state index >= 15 is 0 Å². The predicted molar refractivity (Wildman–Crippen MR) is 121 cm³/mol. The summed E-state index contributed by atoms with van der Waals surface area (Å²) < 4.78 is 39.6. The van der Waals surface area contributed by atoms with Gasteiger partial charge in [-0.05, 0) is 37.3 Å². The molecule has 0 fully saturated rings. The number of aromatic nitrogens is 3. The van der Waals surface area contributed by atoms with Crippen LogP contribution in [0.1, 0.15) is 21.7 Å². The number of carbonyl (C=O) groups is 1. The molecule has 170 valence electrons.